The fraction of sp³-hybridized carbons (Fsp3) is 0.667. The summed E-state index contributed by atoms with van der Waals surface area (Å²) >= 11 is 0. The van der Waals surface area contributed by atoms with Gasteiger partial charge in [-0.25, -0.2) is 0 Å². The number of Topliss-reactive ketones (excluding diaryl/α,β-unsaturated/α-hetero) is 1. The van der Waals surface area contributed by atoms with Gasteiger partial charge in [0.1, 0.15) is 5.78 Å². The summed E-state index contributed by atoms with van der Waals surface area (Å²) in [6.07, 6.45) is 11.2. The van der Waals surface area contributed by atoms with E-state index in [0.29, 0.717) is 18.8 Å². The number of unbranched alkanes of at least 4 members (excludes halogenated alkanes) is 3. The number of allylic oxidation sites excluding steroid dienone is 2. The number of carbonyl (C=O) groups is 1. The van der Waals surface area contributed by atoms with Crippen LogP contribution in [0.3, 0.4) is 0 Å². The van der Waals surface area contributed by atoms with Crippen molar-refractivity contribution in [3.63, 3.8) is 0 Å². The molecule has 0 N–H and O–H groups in total. The van der Waals surface area contributed by atoms with E-state index in [1.54, 1.807) is 7.11 Å². The van der Waals surface area contributed by atoms with Crippen molar-refractivity contribution >= 4 is 5.78 Å². The summed E-state index contributed by atoms with van der Waals surface area (Å²) in [6.45, 7) is 4.67. The Balaban J connectivity index is 2.57. The zero-order chi connectivity index (χ0) is 12.7. The quantitative estimate of drug-likeness (QED) is 0.601. The summed E-state index contributed by atoms with van der Waals surface area (Å²) in [5, 5.41) is 0. The Morgan fingerprint density at radius 2 is 2.12 bits per heavy atom. The molecule has 0 aromatic carbocycles. The van der Waals surface area contributed by atoms with Crippen LogP contribution in [-0.4, -0.2) is 19.5 Å². The van der Waals surface area contributed by atoms with Crippen molar-refractivity contribution < 1.29 is 9.53 Å². The number of hydrogen-bond acceptors (Lipinski definition) is 2. The lowest BCUT2D eigenvalue weighted by Gasteiger charge is -2.27. The number of ketones is 1. The summed E-state index contributed by atoms with van der Waals surface area (Å²) in [6, 6.07) is 0. The van der Waals surface area contributed by atoms with Crippen LogP contribution in [0.15, 0.2) is 23.8 Å². The van der Waals surface area contributed by atoms with E-state index in [2.05, 4.69) is 6.92 Å². The van der Waals surface area contributed by atoms with Crippen LogP contribution in [0.25, 0.3) is 0 Å². The highest BCUT2D eigenvalue weighted by Gasteiger charge is 2.38. The third-order valence-corrected chi connectivity index (χ3v) is 3.56. The molecule has 96 valence electrons. The molecule has 1 rings (SSSR count). The third kappa shape index (κ3) is 3.29. The van der Waals surface area contributed by atoms with Gasteiger partial charge < -0.3 is 4.74 Å². The summed E-state index contributed by atoms with van der Waals surface area (Å²) in [7, 11) is 1.66. The maximum absolute atomic E-state index is 12.4. The summed E-state index contributed by atoms with van der Waals surface area (Å²) in [4.78, 5) is 12.4. The van der Waals surface area contributed by atoms with Crippen LogP contribution in [0.4, 0.5) is 0 Å². The fourth-order valence-electron chi connectivity index (χ4n) is 2.36. The second-order valence-corrected chi connectivity index (χ2v) is 4.85. The Labute approximate surface area is 105 Å². The van der Waals surface area contributed by atoms with Crippen LogP contribution in [0.2, 0.25) is 0 Å². The molecule has 1 aliphatic carbocycles. The Morgan fingerprint density at radius 1 is 1.35 bits per heavy atom. The maximum atomic E-state index is 12.4. The van der Waals surface area contributed by atoms with Gasteiger partial charge in [-0.2, -0.15) is 0 Å². The molecule has 0 saturated heterocycles. The molecule has 0 saturated carbocycles. The molecule has 1 unspecified atom stereocenters. The van der Waals surface area contributed by atoms with Gasteiger partial charge >= 0.3 is 0 Å². The second-order valence-electron chi connectivity index (χ2n) is 4.85. The third-order valence-electron chi connectivity index (χ3n) is 3.56. The molecule has 0 spiro atoms. The number of rotatable bonds is 8. The Morgan fingerprint density at radius 3 is 2.65 bits per heavy atom. The van der Waals surface area contributed by atoms with Gasteiger partial charge in [-0.3, -0.25) is 4.79 Å². The van der Waals surface area contributed by atoms with Crippen LogP contribution in [-0.2, 0) is 9.53 Å². The molecule has 2 heteroatoms. The fourth-order valence-corrected chi connectivity index (χ4v) is 2.36. The van der Waals surface area contributed by atoms with E-state index in [-0.39, 0.29) is 0 Å². The second kappa shape index (κ2) is 6.75. The molecule has 0 heterocycles. The van der Waals surface area contributed by atoms with Crippen LogP contribution in [0.5, 0.6) is 0 Å². The first-order chi connectivity index (χ1) is 8.17. The molecule has 1 atom stereocenters. The van der Waals surface area contributed by atoms with Gasteiger partial charge in [0.25, 0.3) is 0 Å². The van der Waals surface area contributed by atoms with Crippen LogP contribution in [0, 0.1) is 5.41 Å². The topological polar surface area (TPSA) is 26.3 Å². The van der Waals surface area contributed by atoms with Crippen LogP contribution < -0.4 is 0 Å². The minimum atomic E-state index is -0.471. The molecule has 0 aliphatic heterocycles. The number of methoxy groups -OCH3 is 1. The molecule has 17 heavy (non-hydrogen) atoms. The van der Waals surface area contributed by atoms with Crippen LogP contribution in [0.1, 0.15) is 46.0 Å². The van der Waals surface area contributed by atoms with E-state index in [4.69, 9.17) is 4.74 Å². The lowest BCUT2D eigenvalue weighted by Crippen LogP contribution is -2.33. The van der Waals surface area contributed by atoms with Gasteiger partial charge in [-0.1, -0.05) is 50.0 Å². The molecule has 0 fully saturated rings. The monoisotopic (exact) mass is 236 g/mol. The van der Waals surface area contributed by atoms with Crippen molar-refractivity contribution in [2.75, 3.05) is 13.7 Å². The molecule has 0 radical (unpaired) electrons. The normalized spacial score (nSPS) is 22.9. The molecular weight excluding hydrogens is 212 g/mol. The smallest absolute Gasteiger partial charge is 0.149 e. The van der Waals surface area contributed by atoms with Gasteiger partial charge in [0.15, 0.2) is 0 Å². The Bertz CT molecular complexity index is 315. The molecule has 2 nitrogen and oxygen atoms in total. The van der Waals surface area contributed by atoms with Gasteiger partial charge in [-0.15, -0.1) is 0 Å². The minimum absolute atomic E-state index is 0.304. The van der Waals surface area contributed by atoms with E-state index in [0.717, 1.165) is 18.4 Å². The highest BCUT2D eigenvalue weighted by molar-refractivity contribution is 5.91. The standard InChI is InChI=1S/C15H24O2/c1-4-5-6-7-10-14(16)15(12-17-3)11-8-9-13(15)2/h8-9,11H,4-7,10,12H2,1-3H3. The first-order valence-electron chi connectivity index (χ1n) is 6.56. The number of ether oxygens (including phenoxy) is 1. The average Bonchev–Trinajstić information content (AvgIpc) is 2.68. The van der Waals surface area contributed by atoms with Gasteiger partial charge in [0.05, 0.1) is 12.0 Å². The largest absolute Gasteiger partial charge is 0.383 e. The van der Waals surface area contributed by atoms with E-state index < -0.39 is 5.41 Å². The molecule has 0 aromatic rings. The van der Waals surface area contributed by atoms with Gasteiger partial charge in [0.2, 0.25) is 0 Å². The van der Waals surface area contributed by atoms with Gasteiger partial charge in [-0.05, 0) is 13.3 Å². The van der Waals surface area contributed by atoms with E-state index in [9.17, 15) is 4.79 Å². The highest BCUT2D eigenvalue weighted by Crippen LogP contribution is 2.36. The Hall–Kier alpha value is -0.890. The van der Waals surface area contributed by atoms with E-state index in [1.807, 2.05) is 25.2 Å². The van der Waals surface area contributed by atoms with Crippen molar-refractivity contribution in [2.24, 2.45) is 5.41 Å². The van der Waals surface area contributed by atoms with Crippen molar-refractivity contribution in [1.29, 1.82) is 0 Å². The van der Waals surface area contributed by atoms with E-state index in [1.165, 1.54) is 12.8 Å². The molecule has 1 aliphatic rings. The minimum Gasteiger partial charge on any atom is -0.383 e. The van der Waals surface area contributed by atoms with E-state index >= 15 is 0 Å². The van der Waals surface area contributed by atoms with Crippen molar-refractivity contribution in [3.05, 3.63) is 23.8 Å². The SMILES string of the molecule is CCCCCCC(=O)C1(COC)C=CC=C1C. The van der Waals surface area contributed by atoms with Crippen LogP contribution >= 0.6 is 0 Å². The van der Waals surface area contributed by atoms with Crippen molar-refractivity contribution in [3.8, 4) is 0 Å². The lowest BCUT2D eigenvalue weighted by atomic mass is 9.78. The predicted molar refractivity (Wildman–Crippen MR) is 71.0 cm³/mol. The van der Waals surface area contributed by atoms with Crippen molar-refractivity contribution in [2.45, 2.75) is 46.0 Å². The summed E-state index contributed by atoms with van der Waals surface area (Å²) < 4.78 is 5.24. The lowest BCUT2D eigenvalue weighted by molar-refractivity contribution is -0.126. The zero-order valence-electron chi connectivity index (χ0n) is 11.3. The summed E-state index contributed by atoms with van der Waals surface area (Å²) in [5.41, 5.74) is 0.640. The van der Waals surface area contributed by atoms with Gasteiger partial charge in [0, 0.05) is 13.5 Å². The highest BCUT2D eigenvalue weighted by atomic mass is 16.5. The zero-order valence-corrected chi connectivity index (χ0v) is 11.3. The number of carbonyl (C=O) groups excluding carboxylic acids is 1. The first-order valence-corrected chi connectivity index (χ1v) is 6.56. The first kappa shape index (κ1) is 14.2. The maximum Gasteiger partial charge on any atom is 0.149 e. The molecule has 0 amide bonds. The molecular formula is C15H24O2. The van der Waals surface area contributed by atoms with Crippen molar-refractivity contribution in [1.82, 2.24) is 0 Å². The molecule has 0 bridgehead atoms. The average molecular weight is 236 g/mol. The summed E-state index contributed by atoms with van der Waals surface area (Å²) in [5.74, 6) is 0.304. The number of hydrogen-bond donors (Lipinski definition) is 0. The predicted octanol–water partition coefficient (Wildman–Crippen LogP) is 3.67. The Kier molecular flexibility index (Phi) is 5.63. The molecule has 0 aromatic heterocycles.